The fourth-order valence-corrected chi connectivity index (χ4v) is 2.09. The maximum absolute atomic E-state index is 12.3. The van der Waals surface area contributed by atoms with Crippen LogP contribution in [0.3, 0.4) is 0 Å². The van der Waals surface area contributed by atoms with E-state index < -0.39 is 29.3 Å². The van der Waals surface area contributed by atoms with Crippen molar-refractivity contribution in [2.45, 2.75) is 39.3 Å². The standard InChI is InChI=1S/C17H20N2O4/c1-10(16(22)23-17(2,3)4)19-15(21)14(20)12-9-18-13-8-6-5-7-11(12)13/h5-10,18H,1-4H3,(H,19,21)/t10-/m0/s1. The fraction of sp³-hybridized carbons (Fsp3) is 0.353. The lowest BCUT2D eigenvalue weighted by Crippen LogP contribution is -2.44. The van der Waals surface area contributed by atoms with Crippen LogP contribution in [-0.4, -0.2) is 34.3 Å². The third-order valence-electron chi connectivity index (χ3n) is 3.15. The van der Waals surface area contributed by atoms with Crippen LogP contribution in [0.2, 0.25) is 0 Å². The fourth-order valence-electron chi connectivity index (χ4n) is 2.09. The van der Waals surface area contributed by atoms with E-state index in [-0.39, 0.29) is 5.56 Å². The number of esters is 1. The van der Waals surface area contributed by atoms with Crippen LogP contribution in [-0.2, 0) is 14.3 Å². The van der Waals surface area contributed by atoms with Crippen molar-refractivity contribution in [3.05, 3.63) is 36.0 Å². The Morgan fingerprint density at radius 3 is 2.48 bits per heavy atom. The molecule has 6 nitrogen and oxygen atoms in total. The molecule has 0 aliphatic carbocycles. The molecule has 2 rings (SSSR count). The van der Waals surface area contributed by atoms with Gasteiger partial charge in [0, 0.05) is 17.1 Å². The average molecular weight is 316 g/mol. The lowest BCUT2D eigenvalue weighted by atomic mass is 10.1. The molecule has 0 radical (unpaired) electrons. The van der Waals surface area contributed by atoms with Gasteiger partial charge >= 0.3 is 5.97 Å². The zero-order valence-corrected chi connectivity index (χ0v) is 13.6. The molecular weight excluding hydrogens is 296 g/mol. The minimum absolute atomic E-state index is 0.273. The molecule has 0 saturated carbocycles. The van der Waals surface area contributed by atoms with E-state index in [1.807, 2.05) is 12.1 Å². The monoisotopic (exact) mass is 316 g/mol. The molecule has 0 aliphatic heterocycles. The molecular formula is C17H20N2O4. The van der Waals surface area contributed by atoms with Crippen LogP contribution >= 0.6 is 0 Å². The van der Waals surface area contributed by atoms with Crippen molar-refractivity contribution in [3.8, 4) is 0 Å². The maximum Gasteiger partial charge on any atom is 0.328 e. The minimum atomic E-state index is -0.907. The number of rotatable bonds is 4. The summed E-state index contributed by atoms with van der Waals surface area (Å²) in [5, 5.41) is 3.04. The number of Topliss-reactive ketones (excluding diaryl/α,β-unsaturated/α-hetero) is 1. The molecule has 1 amide bonds. The first-order chi connectivity index (χ1) is 10.7. The van der Waals surface area contributed by atoms with Gasteiger partial charge in [-0.3, -0.25) is 9.59 Å². The summed E-state index contributed by atoms with van der Waals surface area (Å²) in [6.07, 6.45) is 1.49. The number of amides is 1. The Kier molecular flexibility index (Phi) is 4.54. The van der Waals surface area contributed by atoms with Crippen LogP contribution in [0.1, 0.15) is 38.1 Å². The minimum Gasteiger partial charge on any atom is -0.458 e. The van der Waals surface area contributed by atoms with Crippen LogP contribution in [0.4, 0.5) is 0 Å². The molecule has 6 heteroatoms. The Balaban J connectivity index is 2.08. The Labute approximate surface area is 134 Å². The number of ether oxygens (including phenoxy) is 1. The number of nitrogens with one attached hydrogen (secondary N) is 2. The number of carbonyl (C=O) groups is 3. The highest BCUT2D eigenvalue weighted by Gasteiger charge is 2.26. The van der Waals surface area contributed by atoms with Crippen molar-refractivity contribution in [2.24, 2.45) is 0 Å². The quantitative estimate of drug-likeness (QED) is 0.514. The van der Waals surface area contributed by atoms with Crippen molar-refractivity contribution in [3.63, 3.8) is 0 Å². The van der Waals surface area contributed by atoms with Gasteiger partial charge in [-0.05, 0) is 33.8 Å². The molecule has 122 valence electrons. The Morgan fingerprint density at radius 1 is 1.17 bits per heavy atom. The lowest BCUT2D eigenvalue weighted by molar-refractivity contribution is -0.157. The number of para-hydroxylation sites is 1. The molecule has 0 spiro atoms. The zero-order chi connectivity index (χ0) is 17.2. The second-order valence-corrected chi connectivity index (χ2v) is 6.31. The van der Waals surface area contributed by atoms with Gasteiger partial charge < -0.3 is 15.0 Å². The molecule has 23 heavy (non-hydrogen) atoms. The van der Waals surface area contributed by atoms with Crippen LogP contribution in [0.5, 0.6) is 0 Å². The second-order valence-electron chi connectivity index (χ2n) is 6.31. The van der Waals surface area contributed by atoms with Gasteiger partial charge in [0.05, 0.1) is 5.56 Å². The predicted octanol–water partition coefficient (Wildman–Crippen LogP) is 2.20. The SMILES string of the molecule is C[C@H](NC(=O)C(=O)c1c[nH]c2ccccc12)C(=O)OC(C)(C)C. The summed E-state index contributed by atoms with van der Waals surface area (Å²) in [6, 6.07) is 6.28. The molecule has 1 aromatic carbocycles. The number of ketones is 1. The van der Waals surface area contributed by atoms with Crippen LogP contribution in [0.15, 0.2) is 30.5 Å². The number of fused-ring (bicyclic) bond motifs is 1. The van der Waals surface area contributed by atoms with Gasteiger partial charge in [0.2, 0.25) is 0 Å². The highest BCUT2D eigenvalue weighted by Crippen LogP contribution is 2.18. The van der Waals surface area contributed by atoms with Crippen molar-refractivity contribution in [1.29, 1.82) is 0 Å². The summed E-state index contributed by atoms with van der Waals surface area (Å²) in [6.45, 7) is 6.68. The van der Waals surface area contributed by atoms with Crippen LogP contribution < -0.4 is 5.32 Å². The Bertz CT molecular complexity index is 755. The Hall–Kier alpha value is -2.63. The molecule has 0 saturated heterocycles. The van der Waals surface area contributed by atoms with Crippen LogP contribution in [0.25, 0.3) is 10.9 Å². The van der Waals surface area contributed by atoms with Crippen LogP contribution in [0, 0.1) is 0 Å². The summed E-state index contributed by atoms with van der Waals surface area (Å²) in [4.78, 5) is 39.2. The largest absolute Gasteiger partial charge is 0.458 e. The summed E-state index contributed by atoms with van der Waals surface area (Å²) in [5.41, 5.74) is 0.384. The number of hydrogen-bond acceptors (Lipinski definition) is 4. The lowest BCUT2D eigenvalue weighted by Gasteiger charge is -2.22. The molecule has 1 heterocycles. The second kappa shape index (κ2) is 6.24. The molecule has 1 atom stereocenters. The Morgan fingerprint density at radius 2 is 1.83 bits per heavy atom. The van der Waals surface area contributed by atoms with Gasteiger partial charge in [-0.2, -0.15) is 0 Å². The third-order valence-corrected chi connectivity index (χ3v) is 3.15. The molecule has 2 aromatic rings. The van der Waals surface area contributed by atoms with E-state index in [1.165, 1.54) is 13.1 Å². The summed E-state index contributed by atoms with van der Waals surface area (Å²) in [7, 11) is 0. The topological polar surface area (TPSA) is 88.3 Å². The normalized spacial score (nSPS) is 12.7. The van der Waals surface area contributed by atoms with E-state index in [1.54, 1.807) is 32.9 Å². The number of benzene rings is 1. The number of H-pyrrole nitrogens is 1. The number of hydrogen-bond donors (Lipinski definition) is 2. The van der Waals surface area contributed by atoms with E-state index in [2.05, 4.69) is 10.3 Å². The average Bonchev–Trinajstić information content (AvgIpc) is 2.88. The number of carbonyl (C=O) groups excluding carboxylic acids is 3. The summed E-state index contributed by atoms with van der Waals surface area (Å²) < 4.78 is 5.17. The number of aromatic nitrogens is 1. The van der Waals surface area contributed by atoms with Gasteiger partial charge in [-0.1, -0.05) is 18.2 Å². The zero-order valence-electron chi connectivity index (χ0n) is 13.6. The van der Waals surface area contributed by atoms with Gasteiger partial charge in [-0.15, -0.1) is 0 Å². The van der Waals surface area contributed by atoms with Crippen molar-refractivity contribution >= 4 is 28.6 Å². The number of aromatic amines is 1. The van der Waals surface area contributed by atoms with E-state index in [4.69, 9.17) is 4.74 Å². The first-order valence-electron chi connectivity index (χ1n) is 7.33. The first kappa shape index (κ1) is 16.7. The van der Waals surface area contributed by atoms with E-state index in [9.17, 15) is 14.4 Å². The maximum atomic E-state index is 12.3. The molecule has 0 aliphatic rings. The third kappa shape index (κ3) is 3.97. The summed E-state index contributed by atoms with van der Waals surface area (Å²) >= 11 is 0. The van der Waals surface area contributed by atoms with Crippen molar-refractivity contribution in [2.75, 3.05) is 0 Å². The molecule has 0 fully saturated rings. The van der Waals surface area contributed by atoms with E-state index in [0.717, 1.165) is 5.52 Å². The summed E-state index contributed by atoms with van der Waals surface area (Å²) in [5.74, 6) is -2.12. The van der Waals surface area contributed by atoms with Gasteiger partial charge in [0.15, 0.2) is 0 Å². The van der Waals surface area contributed by atoms with Crippen molar-refractivity contribution < 1.29 is 19.1 Å². The smallest absolute Gasteiger partial charge is 0.328 e. The molecule has 0 unspecified atom stereocenters. The predicted molar refractivity (Wildman–Crippen MR) is 86.1 cm³/mol. The first-order valence-corrected chi connectivity index (χ1v) is 7.33. The molecule has 1 aromatic heterocycles. The molecule has 0 bridgehead atoms. The van der Waals surface area contributed by atoms with Crippen molar-refractivity contribution in [1.82, 2.24) is 10.3 Å². The van der Waals surface area contributed by atoms with E-state index >= 15 is 0 Å². The van der Waals surface area contributed by atoms with E-state index in [0.29, 0.717) is 5.39 Å². The highest BCUT2D eigenvalue weighted by molar-refractivity contribution is 6.45. The van der Waals surface area contributed by atoms with Gasteiger partial charge in [0.1, 0.15) is 11.6 Å². The molecule has 2 N–H and O–H groups in total. The highest BCUT2D eigenvalue weighted by atomic mass is 16.6. The van der Waals surface area contributed by atoms with Gasteiger partial charge in [-0.25, -0.2) is 4.79 Å². The van der Waals surface area contributed by atoms with Gasteiger partial charge in [0.25, 0.3) is 11.7 Å².